The second kappa shape index (κ2) is 9.88. The van der Waals surface area contributed by atoms with Crippen molar-refractivity contribution in [2.45, 2.75) is 17.6 Å². The molecule has 10 heteroatoms. The molecular weight excluding hydrogens is 455 g/mol. The van der Waals surface area contributed by atoms with Crippen LogP contribution in [0.15, 0.2) is 59.6 Å². The number of carbonyl (C=O) groups excluding carboxylic acids is 2. The van der Waals surface area contributed by atoms with E-state index in [4.69, 9.17) is 4.74 Å². The number of nitrogens with one attached hydrogen (secondary N) is 1. The van der Waals surface area contributed by atoms with E-state index in [-0.39, 0.29) is 23.9 Å². The zero-order valence-electron chi connectivity index (χ0n) is 17.6. The van der Waals surface area contributed by atoms with Crippen LogP contribution in [-0.4, -0.2) is 53.3 Å². The second-order valence-electron chi connectivity index (χ2n) is 7.51. The number of rotatable bonds is 6. The number of halogens is 3. The quantitative estimate of drug-likeness (QED) is 0.540. The van der Waals surface area contributed by atoms with E-state index in [9.17, 15) is 22.8 Å². The number of hydrogen-bond donors (Lipinski definition) is 1. The number of aromatic nitrogens is 1. The first-order valence-electron chi connectivity index (χ1n) is 10.3. The van der Waals surface area contributed by atoms with Crippen LogP contribution in [0.3, 0.4) is 0 Å². The lowest BCUT2D eigenvalue weighted by Crippen LogP contribution is -2.42. The van der Waals surface area contributed by atoms with E-state index >= 15 is 0 Å². The largest absolute Gasteiger partial charge is 0.418 e. The summed E-state index contributed by atoms with van der Waals surface area (Å²) in [7, 11) is 0. The molecule has 1 fully saturated rings. The molecule has 174 valence electrons. The third-order valence-electron chi connectivity index (χ3n) is 5.29. The molecule has 1 aliphatic heterocycles. The van der Waals surface area contributed by atoms with Crippen LogP contribution in [0.2, 0.25) is 0 Å². The van der Waals surface area contributed by atoms with Crippen molar-refractivity contribution >= 4 is 40.2 Å². The van der Waals surface area contributed by atoms with E-state index in [2.05, 4.69) is 5.32 Å². The van der Waals surface area contributed by atoms with Gasteiger partial charge in [-0.2, -0.15) is 13.2 Å². The maximum atomic E-state index is 13.2. The topological polar surface area (TPSA) is 63.6 Å². The first kappa shape index (κ1) is 23.2. The number of nitrogens with zero attached hydrogens (tertiary/aromatic N) is 2. The molecule has 1 saturated heterocycles. The zero-order chi connectivity index (χ0) is 23.4. The number of alkyl halides is 3. The number of fused-ring (bicyclic) bond motifs is 1. The molecule has 0 aliphatic carbocycles. The molecule has 2 amide bonds. The van der Waals surface area contributed by atoms with E-state index in [0.29, 0.717) is 26.3 Å². The van der Waals surface area contributed by atoms with Crippen LogP contribution in [-0.2, 0) is 27.0 Å². The Balaban J connectivity index is 1.46. The molecule has 1 aliphatic rings. The Bertz CT molecular complexity index is 1160. The van der Waals surface area contributed by atoms with Gasteiger partial charge in [0.25, 0.3) is 0 Å². The maximum Gasteiger partial charge on any atom is 0.418 e. The highest BCUT2D eigenvalue weighted by atomic mass is 32.2. The highest BCUT2D eigenvalue weighted by molar-refractivity contribution is 8.00. The lowest BCUT2D eigenvalue weighted by Gasteiger charge is -2.27. The first-order chi connectivity index (χ1) is 15.8. The van der Waals surface area contributed by atoms with Crippen LogP contribution in [0.4, 0.5) is 18.9 Å². The summed E-state index contributed by atoms with van der Waals surface area (Å²) in [4.78, 5) is 27.6. The van der Waals surface area contributed by atoms with Crippen molar-refractivity contribution in [2.24, 2.45) is 0 Å². The van der Waals surface area contributed by atoms with Crippen molar-refractivity contribution < 1.29 is 27.5 Å². The molecule has 2 heterocycles. The molecule has 2 aromatic carbocycles. The molecule has 33 heavy (non-hydrogen) atoms. The van der Waals surface area contributed by atoms with Crippen molar-refractivity contribution in [1.29, 1.82) is 0 Å². The summed E-state index contributed by atoms with van der Waals surface area (Å²) in [6.45, 7) is 2.31. The minimum atomic E-state index is -4.56. The van der Waals surface area contributed by atoms with Gasteiger partial charge in [-0.15, -0.1) is 11.8 Å². The third-order valence-corrected chi connectivity index (χ3v) is 6.33. The molecule has 3 aromatic rings. The number of carbonyl (C=O) groups is 2. The van der Waals surface area contributed by atoms with Gasteiger partial charge in [0.1, 0.15) is 6.54 Å². The van der Waals surface area contributed by atoms with E-state index in [0.717, 1.165) is 21.9 Å². The summed E-state index contributed by atoms with van der Waals surface area (Å²) in [5, 5.41) is 3.23. The van der Waals surface area contributed by atoms with Crippen LogP contribution in [0, 0.1) is 0 Å². The predicted molar refractivity (Wildman–Crippen MR) is 120 cm³/mol. The number of ether oxygens (including phenoxy) is 1. The van der Waals surface area contributed by atoms with Gasteiger partial charge in [-0.1, -0.05) is 30.3 Å². The van der Waals surface area contributed by atoms with E-state index in [1.165, 1.54) is 30.0 Å². The molecular formula is C23H22F3N3O3S. The normalized spacial score (nSPS) is 14.5. The van der Waals surface area contributed by atoms with Crippen LogP contribution in [0.25, 0.3) is 10.9 Å². The van der Waals surface area contributed by atoms with Gasteiger partial charge in [0, 0.05) is 35.1 Å². The van der Waals surface area contributed by atoms with E-state index in [1.807, 2.05) is 35.0 Å². The molecule has 4 rings (SSSR count). The summed E-state index contributed by atoms with van der Waals surface area (Å²) in [6.07, 6.45) is -2.75. The van der Waals surface area contributed by atoms with Gasteiger partial charge in [-0.05, 0) is 18.2 Å². The molecule has 0 atom stereocenters. The number of hydrogen-bond acceptors (Lipinski definition) is 4. The SMILES string of the molecule is O=C(CSc1cn(CC(=O)N2CCOCC2)c2ccccc12)Nc1ccccc1C(F)(F)F. The first-order valence-corrected chi connectivity index (χ1v) is 11.3. The van der Waals surface area contributed by atoms with Crippen molar-refractivity contribution in [2.75, 3.05) is 37.4 Å². The number of amides is 2. The predicted octanol–water partition coefficient (Wildman–Crippen LogP) is 4.25. The summed E-state index contributed by atoms with van der Waals surface area (Å²) in [5.41, 5.74) is -0.305. The van der Waals surface area contributed by atoms with E-state index in [1.54, 1.807) is 4.90 Å². The Hall–Kier alpha value is -2.98. The fourth-order valence-electron chi connectivity index (χ4n) is 3.69. The van der Waals surface area contributed by atoms with Gasteiger partial charge in [-0.25, -0.2) is 0 Å². The molecule has 0 spiro atoms. The Kier molecular flexibility index (Phi) is 6.94. The van der Waals surface area contributed by atoms with Gasteiger partial charge in [0.15, 0.2) is 0 Å². The summed E-state index contributed by atoms with van der Waals surface area (Å²) in [5.74, 6) is -0.632. The van der Waals surface area contributed by atoms with Crippen LogP contribution in [0.5, 0.6) is 0 Å². The average Bonchev–Trinajstić information content (AvgIpc) is 3.15. The number of benzene rings is 2. The summed E-state index contributed by atoms with van der Waals surface area (Å²) >= 11 is 1.22. The van der Waals surface area contributed by atoms with Gasteiger partial charge in [0.05, 0.1) is 30.2 Å². The van der Waals surface area contributed by atoms with Crippen molar-refractivity contribution in [3.05, 3.63) is 60.3 Å². The van der Waals surface area contributed by atoms with Crippen LogP contribution >= 0.6 is 11.8 Å². The zero-order valence-corrected chi connectivity index (χ0v) is 18.4. The van der Waals surface area contributed by atoms with Gasteiger partial charge >= 0.3 is 6.18 Å². The molecule has 0 radical (unpaired) electrons. The fraction of sp³-hybridized carbons (Fsp3) is 0.304. The van der Waals surface area contributed by atoms with Crippen molar-refractivity contribution in [1.82, 2.24) is 9.47 Å². The van der Waals surface area contributed by atoms with Gasteiger partial charge < -0.3 is 19.5 Å². The minimum Gasteiger partial charge on any atom is -0.378 e. The standard InChI is InChI=1S/C23H22F3N3O3S/c24-23(25,26)17-6-2-3-7-18(17)27-21(30)15-33-20-13-29(19-8-4-1-5-16(19)20)14-22(31)28-9-11-32-12-10-28/h1-8,13H,9-12,14-15H2,(H,27,30). The number of morpholine rings is 1. The van der Waals surface area contributed by atoms with E-state index < -0.39 is 17.6 Å². The summed E-state index contributed by atoms with van der Waals surface area (Å²) < 4.78 is 46.6. The molecule has 1 aromatic heterocycles. The minimum absolute atomic E-state index is 0.0166. The lowest BCUT2D eigenvalue weighted by atomic mass is 10.1. The Morgan fingerprint density at radius 2 is 1.73 bits per heavy atom. The smallest absolute Gasteiger partial charge is 0.378 e. The molecule has 0 unspecified atom stereocenters. The highest BCUT2D eigenvalue weighted by Crippen LogP contribution is 2.35. The Morgan fingerprint density at radius 3 is 2.48 bits per heavy atom. The van der Waals surface area contributed by atoms with Crippen molar-refractivity contribution in [3.63, 3.8) is 0 Å². The monoisotopic (exact) mass is 477 g/mol. The number of para-hydroxylation sites is 2. The van der Waals surface area contributed by atoms with Crippen LogP contribution < -0.4 is 5.32 Å². The Labute approximate surface area is 192 Å². The molecule has 0 saturated carbocycles. The average molecular weight is 478 g/mol. The summed E-state index contributed by atoms with van der Waals surface area (Å²) in [6, 6.07) is 12.4. The Morgan fingerprint density at radius 1 is 1.03 bits per heavy atom. The third kappa shape index (κ3) is 5.51. The number of anilines is 1. The van der Waals surface area contributed by atoms with Gasteiger partial charge in [0.2, 0.25) is 11.8 Å². The molecule has 0 bridgehead atoms. The van der Waals surface area contributed by atoms with Crippen LogP contribution in [0.1, 0.15) is 5.56 Å². The molecule has 6 nitrogen and oxygen atoms in total. The number of thioether (sulfide) groups is 1. The second-order valence-corrected chi connectivity index (χ2v) is 8.53. The molecule has 1 N–H and O–H groups in total. The van der Waals surface area contributed by atoms with Gasteiger partial charge in [-0.3, -0.25) is 9.59 Å². The fourth-order valence-corrected chi connectivity index (χ4v) is 4.57. The van der Waals surface area contributed by atoms with Crippen molar-refractivity contribution in [3.8, 4) is 0 Å². The highest BCUT2D eigenvalue weighted by Gasteiger charge is 2.33. The maximum absolute atomic E-state index is 13.2. The lowest BCUT2D eigenvalue weighted by molar-refractivity contribution is -0.137.